The maximum absolute atomic E-state index is 12.7. The fourth-order valence-electron chi connectivity index (χ4n) is 3.11. The van der Waals surface area contributed by atoms with E-state index < -0.39 is 11.7 Å². The molecule has 0 atom stereocenters. The number of alkyl halides is 3. The van der Waals surface area contributed by atoms with E-state index in [1.807, 2.05) is 6.92 Å². The molecule has 0 unspecified atom stereocenters. The first-order chi connectivity index (χ1) is 14.8. The number of pyridine rings is 2. The van der Waals surface area contributed by atoms with Crippen molar-refractivity contribution in [2.24, 2.45) is 0 Å². The van der Waals surface area contributed by atoms with E-state index in [2.05, 4.69) is 25.5 Å². The number of amides is 1. The van der Waals surface area contributed by atoms with Crippen molar-refractivity contribution in [1.82, 2.24) is 34.8 Å². The summed E-state index contributed by atoms with van der Waals surface area (Å²) in [6.45, 7) is 2.73. The van der Waals surface area contributed by atoms with Gasteiger partial charge in [0.05, 0.1) is 35.4 Å². The molecule has 0 saturated heterocycles. The van der Waals surface area contributed by atoms with Crippen LogP contribution < -0.4 is 5.32 Å². The zero-order valence-electron chi connectivity index (χ0n) is 16.5. The molecular weight excluding hydrogens is 411 g/mol. The standard InChI is InChI=1S/C20H18F3N7O/c1-2-24-19(31)9-17-15-12-29(28-16(15)5-7-25-17)11-14-6-8-30(27-14)18-4-3-13(10-26-18)20(21,22)23/h3-8,10,12H,2,9,11H2,1H3,(H,24,31). The van der Waals surface area contributed by atoms with E-state index in [0.29, 0.717) is 30.0 Å². The number of fused-ring (bicyclic) bond motifs is 1. The van der Waals surface area contributed by atoms with Crippen LogP contribution >= 0.6 is 0 Å². The van der Waals surface area contributed by atoms with Crippen molar-refractivity contribution >= 4 is 16.8 Å². The molecule has 1 amide bonds. The van der Waals surface area contributed by atoms with Crippen LogP contribution in [0.15, 0.2) is 49.1 Å². The van der Waals surface area contributed by atoms with Crippen molar-refractivity contribution in [1.29, 1.82) is 0 Å². The van der Waals surface area contributed by atoms with Gasteiger partial charge in [-0.15, -0.1) is 0 Å². The molecule has 4 aromatic heterocycles. The third-order valence-electron chi connectivity index (χ3n) is 4.54. The zero-order chi connectivity index (χ0) is 22.0. The van der Waals surface area contributed by atoms with Gasteiger partial charge in [0, 0.05) is 36.7 Å². The minimum Gasteiger partial charge on any atom is -0.356 e. The second-order valence-corrected chi connectivity index (χ2v) is 6.80. The molecule has 0 aliphatic rings. The quantitative estimate of drug-likeness (QED) is 0.509. The largest absolute Gasteiger partial charge is 0.417 e. The van der Waals surface area contributed by atoms with Crippen LogP contribution in [-0.4, -0.2) is 42.0 Å². The summed E-state index contributed by atoms with van der Waals surface area (Å²) in [7, 11) is 0. The van der Waals surface area contributed by atoms with Gasteiger partial charge < -0.3 is 5.32 Å². The van der Waals surface area contributed by atoms with Gasteiger partial charge in [-0.2, -0.15) is 23.4 Å². The first-order valence-corrected chi connectivity index (χ1v) is 9.49. The second kappa shape index (κ2) is 8.17. The minimum absolute atomic E-state index is 0.113. The molecule has 4 rings (SSSR count). The van der Waals surface area contributed by atoms with Crippen LogP contribution in [0.3, 0.4) is 0 Å². The molecule has 1 N–H and O–H groups in total. The van der Waals surface area contributed by atoms with Gasteiger partial charge in [-0.25, -0.2) is 9.67 Å². The Kier molecular flexibility index (Phi) is 5.40. The number of aromatic nitrogens is 6. The first kappa shape index (κ1) is 20.5. The SMILES string of the molecule is CCNC(=O)Cc1nccc2nn(Cc3ccn(-c4ccc(C(F)(F)F)cn4)n3)cc12. The summed E-state index contributed by atoms with van der Waals surface area (Å²) in [4.78, 5) is 20.0. The van der Waals surface area contributed by atoms with E-state index in [-0.39, 0.29) is 18.1 Å². The third-order valence-corrected chi connectivity index (χ3v) is 4.54. The van der Waals surface area contributed by atoms with Gasteiger partial charge in [0.25, 0.3) is 0 Å². The Balaban J connectivity index is 1.52. The van der Waals surface area contributed by atoms with Gasteiger partial charge in [-0.05, 0) is 31.2 Å². The number of carbonyl (C=O) groups is 1. The fraction of sp³-hybridized carbons (Fsp3) is 0.250. The summed E-state index contributed by atoms with van der Waals surface area (Å²) in [5, 5.41) is 12.4. The number of hydrogen-bond acceptors (Lipinski definition) is 5. The summed E-state index contributed by atoms with van der Waals surface area (Å²) in [6.07, 6.45) is 1.53. The minimum atomic E-state index is -4.44. The van der Waals surface area contributed by atoms with Crippen LogP contribution in [0.25, 0.3) is 16.7 Å². The van der Waals surface area contributed by atoms with E-state index in [4.69, 9.17) is 0 Å². The van der Waals surface area contributed by atoms with Crippen molar-refractivity contribution in [3.63, 3.8) is 0 Å². The van der Waals surface area contributed by atoms with Gasteiger partial charge in [0.1, 0.15) is 0 Å². The van der Waals surface area contributed by atoms with Crippen LogP contribution in [0, 0.1) is 0 Å². The van der Waals surface area contributed by atoms with Gasteiger partial charge in [0.2, 0.25) is 5.91 Å². The molecule has 0 aliphatic carbocycles. The number of hydrogen-bond donors (Lipinski definition) is 1. The van der Waals surface area contributed by atoms with Crippen LogP contribution in [0.4, 0.5) is 13.2 Å². The van der Waals surface area contributed by atoms with Gasteiger partial charge >= 0.3 is 6.18 Å². The molecule has 160 valence electrons. The number of nitrogens with one attached hydrogen (secondary N) is 1. The van der Waals surface area contributed by atoms with E-state index in [1.54, 1.807) is 35.4 Å². The predicted molar refractivity (Wildman–Crippen MR) is 105 cm³/mol. The van der Waals surface area contributed by atoms with Crippen LogP contribution in [0.2, 0.25) is 0 Å². The zero-order valence-corrected chi connectivity index (χ0v) is 16.5. The van der Waals surface area contributed by atoms with Crippen molar-refractivity contribution in [2.75, 3.05) is 6.54 Å². The van der Waals surface area contributed by atoms with Crippen molar-refractivity contribution in [2.45, 2.75) is 26.1 Å². The van der Waals surface area contributed by atoms with Crippen LogP contribution in [-0.2, 0) is 23.9 Å². The summed E-state index contributed by atoms with van der Waals surface area (Å²) in [5.74, 6) is 0.163. The average Bonchev–Trinajstić information content (AvgIpc) is 3.35. The smallest absolute Gasteiger partial charge is 0.356 e. The van der Waals surface area contributed by atoms with E-state index in [9.17, 15) is 18.0 Å². The lowest BCUT2D eigenvalue weighted by Gasteiger charge is -2.06. The van der Waals surface area contributed by atoms with Crippen molar-refractivity contribution < 1.29 is 18.0 Å². The molecule has 11 heteroatoms. The van der Waals surface area contributed by atoms with Gasteiger partial charge in [0.15, 0.2) is 5.82 Å². The van der Waals surface area contributed by atoms with Crippen LogP contribution in [0.5, 0.6) is 0 Å². The van der Waals surface area contributed by atoms with Gasteiger partial charge in [-0.3, -0.25) is 14.5 Å². The van der Waals surface area contributed by atoms with Gasteiger partial charge in [-0.1, -0.05) is 0 Å². The Bertz CT molecular complexity index is 1210. The van der Waals surface area contributed by atoms with Crippen LogP contribution in [0.1, 0.15) is 23.9 Å². The molecule has 0 aliphatic heterocycles. The highest BCUT2D eigenvalue weighted by molar-refractivity contribution is 5.86. The molecule has 31 heavy (non-hydrogen) atoms. The Morgan fingerprint density at radius 3 is 2.68 bits per heavy atom. The lowest BCUT2D eigenvalue weighted by atomic mass is 10.2. The predicted octanol–water partition coefficient (Wildman–Crippen LogP) is 2.76. The number of carbonyl (C=O) groups excluding carboxylic acids is 1. The third kappa shape index (κ3) is 4.55. The summed E-state index contributed by atoms with van der Waals surface area (Å²) in [5.41, 5.74) is 1.17. The molecule has 0 saturated carbocycles. The van der Waals surface area contributed by atoms with Crippen molar-refractivity contribution in [3.8, 4) is 5.82 Å². The molecule has 0 aromatic carbocycles. The lowest BCUT2D eigenvalue weighted by Crippen LogP contribution is -2.24. The highest BCUT2D eigenvalue weighted by Crippen LogP contribution is 2.28. The molecule has 8 nitrogen and oxygen atoms in total. The second-order valence-electron chi connectivity index (χ2n) is 6.80. The Hall–Kier alpha value is -3.76. The molecule has 4 heterocycles. The number of rotatable bonds is 6. The normalized spacial score (nSPS) is 11.7. The number of halogens is 3. The highest BCUT2D eigenvalue weighted by Gasteiger charge is 2.30. The highest BCUT2D eigenvalue weighted by atomic mass is 19.4. The Morgan fingerprint density at radius 2 is 1.97 bits per heavy atom. The molecule has 0 spiro atoms. The summed E-state index contributed by atoms with van der Waals surface area (Å²) >= 11 is 0. The lowest BCUT2D eigenvalue weighted by molar-refractivity contribution is -0.137. The van der Waals surface area contributed by atoms with E-state index in [0.717, 1.165) is 17.6 Å². The summed E-state index contributed by atoms with van der Waals surface area (Å²) in [6, 6.07) is 5.73. The molecule has 0 radical (unpaired) electrons. The molecular formula is C20H18F3N7O. The van der Waals surface area contributed by atoms with E-state index >= 15 is 0 Å². The van der Waals surface area contributed by atoms with Crippen molar-refractivity contribution in [3.05, 3.63) is 66.0 Å². The monoisotopic (exact) mass is 429 g/mol. The Labute approximate surface area is 174 Å². The summed E-state index contributed by atoms with van der Waals surface area (Å²) < 4.78 is 41.2. The first-order valence-electron chi connectivity index (χ1n) is 9.49. The topological polar surface area (TPSA) is 90.5 Å². The number of nitrogens with zero attached hydrogens (tertiary/aromatic N) is 6. The molecule has 0 fully saturated rings. The van der Waals surface area contributed by atoms with E-state index in [1.165, 1.54) is 10.7 Å². The molecule has 0 bridgehead atoms. The number of likely N-dealkylation sites (N-methyl/N-ethyl adjacent to an activating group) is 1. The maximum atomic E-state index is 12.7. The fourth-order valence-corrected chi connectivity index (χ4v) is 3.11. The maximum Gasteiger partial charge on any atom is 0.417 e. The Morgan fingerprint density at radius 1 is 1.13 bits per heavy atom. The molecule has 4 aromatic rings. The average molecular weight is 429 g/mol.